The Morgan fingerprint density at radius 3 is 1.03 bits per heavy atom. The summed E-state index contributed by atoms with van der Waals surface area (Å²) in [6.07, 6.45) is 0. The third-order valence-electron chi connectivity index (χ3n) is 12.8. The second-order valence-corrected chi connectivity index (χ2v) is 22.1. The van der Waals surface area contributed by atoms with Crippen LogP contribution in [-0.2, 0) is 0 Å². The number of benzene rings is 10. The molecular weight excluding hydrogens is 751 g/mol. The van der Waals surface area contributed by atoms with E-state index in [1.165, 1.54) is 97.7 Å². The quantitative estimate of drug-likeness (QED) is 0.161. The van der Waals surface area contributed by atoms with Gasteiger partial charge in [-0.05, 0) is 0 Å². The van der Waals surface area contributed by atoms with Crippen LogP contribution in [0.15, 0.2) is 206 Å². The molecule has 0 N–H and O–H groups in total. The van der Waals surface area contributed by atoms with E-state index in [0.29, 0.717) is 0 Å². The van der Waals surface area contributed by atoms with Crippen LogP contribution in [0.3, 0.4) is 0 Å². The topological polar surface area (TPSA) is 6.48 Å². The minimum absolute atomic E-state index is 1.08. The summed E-state index contributed by atoms with van der Waals surface area (Å²) < 4.78 is 0. The summed E-state index contributed by atoms with van der Waals surface area (Å²) in [5, 5.41) is 18.2. The molecule has 0 saturated carbocycles. The maximum atomic E-state index is 2.59. The van der Waals surface area contributed by atoms with Crippen LogP contribution in [0.4, 0.5) is 22.7 Å². The van der Waals surface area contributed by atoms with E-state index in [2.05, 4.69) is 237 Å². The Labute approximate surface area is 348 Å². The van der Waals surface area contributed by atoms with Crippen LogP contribution in [0.1, 0.15) is 0 Å². The van der Waals surface area contributed by atoms with Crippen molar-refractivity contribution in [3.8, 4) is 0 Å². The van der Waals surface area contributed by atoms with Gasteiger partial charge in [0, 0.05) is 0 Å². The first kappa shape index (κ1) is 35.8. The van der Waals surface area contributed by atoms with Crippen molar-refractivity contribution in [3.63, 3.8) is 0 Å². The Morgan fingerprint density at radius 1 is 0.339 bits per heavy atom. The molecule has 0 bridgehead atoms. The van der Waals surface area contributed by atoms with E-state index < -0.39 is 15.2 Å². The van der Waals surface area contributed by atoms with Gasteiger partial charge in [-0.3, -0.25) is 0 Å². The van der Waals surface area contributed by atoms with Crippen LogP contribution in [0.25, 0.3) is 43.1 Å². The van der Waals surface area contributed by atoms with Gasteiger partial charge in [0.15, 0.2) is 0 Å². The molecule has 2 nitrogen and oxygen atoms in total. The fourth-order valence-corrected chi connectivity index (χ4v) is 16.5. The molecule has 1 heterocycles. The molecule has 10 aromatic rings. The van der Waals surface area contributed by atoms with Gasteiger partial charge >= 0.3 is 350 Å². The molecule has 1 aliphatic heterocycles. The summed E-state index contributed by atoms with van der Waals surface area (Å²) in [6.45, 7) is 2.59. The Balaban J connectivity index is 1.37. The molecule has 0 fully saturated rings. The van der Waals surface area contributed by atoms with E-state index in [1.807, 2.05) is 0 Å². The second kappa shape index (κ2) is 14.2. The monoisotopic (exact) mass is 794 g/mol. The molecule has 0 atom stereocenters. The number of hydrogen-bond donors (Lipinski definition) is 0. The third kappa shape index (κ3) is 5.85. The maximum absolute atomic E-state index is 2.86. The first-order valence-electron chi connectivity index (χ1n) is 20.5. The SMILES string of the molecule is CN1c2cc3ccccc3cc2P(c2ccccc2)c2cc3ccccc3cc2N(C)c2cc3ccccc3cc2[PH](C)(c2ccccc2)c2cc3ccccc3cc21. The van der Waals surface area contributed by atoms with Gasteiger partial charge in [-0.1, -0.05) is 0 Å². The average molecular weight is 795 g/mol. The molecule has 11 rings (SSSR count). The van der Waals surface area contributed by atoms with Gasteiger partial charge in [0.05, 0.1) is 0 Å². The molecule has 0 saturated heterocycles. The molecule has 0 aromatic heterocycles. The molecule has 284 valence electrons. The molecule has 0 unspecified atom stereocenters. The van der Waals surface area contributed by atoms with Crippen molar-refractivity contribution in [1.82, 2.24) is 0 Å². The normalized spacial score (nSPS) is 15.5. The van der Waals surface area contributed by atoms with Gasteiger partial charge in [0.2, 0.25) is 0 Å². The molecular formula is C55H44N2P2. The van der Waals surface area contributed by atoms with Gasteiger partial charge < -0.3 is 0 Å². The Hall–Kier alpha value is -6.30. The summed E-state index contributed by atoms with van der Waals surface area (Å²) in [5.74, 6) is 0. The molecule has 0 radical (unpaired) electrons. The minimum atomic E-state index is -2.86. The molecule has 4 heteroatoms. The standard InChI is InChI=1S/C55H44N2P2/c1-56-48-30-38-18-10-14-22-42(38)34-52(48)58(46-26-6-4-7-27-46)53-35-43-23-15-11-19-39(43)31-49(53)57(2)51-33-41-21-13-17-25-45(41)37-55(51)59(3,47-28-8-5-9-29-47)54-36-44-24-16-12-20-40(44)32-50(54)56/h4-37,59H,1-3H3. The molecule has 0 aliphatic carbocycles. The number of nitrogens with zero attached hydrogens (tertiary/aromatic N) is 2. The van der Waals surface area contributed by atoms with Crippen molar-refractivity contribution in [3.05, 3.63) is 206 Å². The summed E-state index contributed by atoms with van der Waals surface area (Å²) in [4.78, 5) is 5.09. The first-order chi connectivity index (χ1) is 29.0. The zero-order valence-electron chi connectivity index (χ0n) is 33.5. The van der Waals surface area contributed by atoms with Crippen molar-refractivity contribution in [1.29, 1.82) is 0 Å². The van der Waals surface area contributed by atoms with Gasteiger partial charge in [-0.15, -0.1) is 0 Å². The van der Waals surface area contributed by atoms with Crippen LogP contribution >= 0.6 is 15.2 Å². The molecule has 0 spiro atoms. The molecule has 1 aliphatic rings. The van der Waals surface area contributed by atoms with E-state index in [4.69, 9.17) is 0 Å². The molecule has 10 aromatic carbocycles. The van der Waals surface area contributed by atoms with Crippen LogP contribution < -0.4 is 41.6 Å². The Morgan fingerprint density at radius 2 is 0.644 bits per heavy atom. The van der Waals surface area contributed by atoms with E-state index in [0.717, 1.165) is 0 Å². The van der Waals surface area contributed by atoms with Crippen molar-refractivity contribution in [2.45, 2.75) is 0 Å². The van der Waals surface area contributed by atoms with Crippen LogP contribution in [0, 0.1) is 0 Å². The van der Waals surface area contributed by atoms with E-state index in [-0.39, 0.29) is 0 Å². The van der Waals surface area contributed by atoms with Crippen LogP contribution in [-0.4, -0.2) is 20.8 Å². The van der Waals surface area contributed by atoms with Crippen LogP contribution in [0.5, 0.6) is 0 Å². The molecule has 59 heavy (non-hydrogen) atoms. The van der Waals surface area contributed by atoms with E-state index in [9.17, 15) is 0 Å². The van der Waals surface area contributed by atoms with Crippen molar-refractivity contribution in [2.24, 2.45) is 0 Å². The number of hydrogen-bond acceptors (Lipinski definition) is 2. The Bertz CT molecular complexity index is 3060. The van der Waals surface area contributed by atoms with Crippen LogP contribution in [0.2, 0.25) is 0 Å². The summed E-state index contributed by atoms with van der Waals surface area (Å²) in [5.41, 5.74) is 4.98. The number of anilines is 4. The second-order valence-electron chi connectivity index (χ2n) is 16.1. The van der Waals surface area contributed by atoms with Gasteiger partial charge in [-0.2, -0.15) is 0 Å². The predicted octanol–water partition coefficient (Wildman–Crippen LogP) is 11.6. The van der Waals surface area contributed by atoms with E-state index >= 15 is 0 Å². The summed E-state index contributed by atoms with van der Waals surface area (Å²) >= 11 is 0. The number of fused-ring (bicyclic) bond motifs is 8. The average Bonchev–Trinajstić information content (AvgIpc) is 3.30. The van der Waals surface area contributed by atoms with E-state index in [1.54, 1.807) is 0 Å². The van der Waals surface area contributed by atoms with Gasteiger partial charge in [-0.25, -0.2) is 0 Å². The van der Waals surface area contributed by atoms with Gasteiger partial charge in [0.25, 0.3) is 0 Å². The van der Waals surface area contributed by atoms with Crippen molar-refractivity contribution >= 4 is 113 Å². The predicted molar refractivity (Wildman–Crippen MR) is 264 cm³/mol. The third-order valence-corrected chi connectivity index (χ3v) is 19.7. The fraction of sp³-hybridized carbons (Fsp3) is 0.0545. The molecule has 0 amide bonds. The fourth-order valence-electron chi connectivity index (χ4n) is 9.61. The number of rotatable bonds is 2. The zero-order valence-corrected chi connectivity index (χ0v) is 35.4. The summed E-state index contributed by atoms with van der Waals surface area (Å²) in [7, 11) is 0.703. The Kier molecular flexibility index (Phi) is 8.63. The zero-order chi connectivity index (χ0) is 39.7. The first-order valence-corrected chi connectivity index (χ1v) is 24.3. The van der Waals surface area contributed by atoms with Gasteiger partial charge in [0.1, 0.15) is 0 Å². The van der Waals surface area contributed by atoms with Crippen molar-refractivity contribution < 1.29 is 0 Å². The van der Waals surface area contributed by atoms with Crippen molar-refractivity contribution in [2.75, 3.05) is 30.6 Å². The summed E-state index contributed by atoms with van der Waals surface area (Å²) in [6, 6.07) is 78.2.